The number of nitrogens with one attached hydrogen (secondary N) is 2. The lowest BCUT2D eigenvalue weighted by atomic mass is 9.93. The predicted molar refractivity (Wildman–Crippen MR) is 44.3 cm³/mol. The number of carbonyl (C=O) groups is 1. The molecule has 0 heterocycles. The molecule has 64 valence electrons. The van der Waals surface area contributed by atoms with Gasteiger partial charge in [0.25, 0.3) is 0 Å². The van der Waals surface area contributed by atoms with Crippen LogP contribution in [-0.2, 0) is 4.79 Å². The van der Waals surface area contributed by atoms with E-state index in [-0.39, 0.29) is 11.9 Å². The van der Waals surface area contributed by atoms with Gasteiger partial charge in [-0.25, -0.2) is 0 Å². The summed E-state index contributed by atoms with van der Waals surface area (Å²) < 4.78 is 0. The molecule has 3 nitrogen and oxygen atoms in total. The third kappa shape index (κ3) is 2.19. The lowest BCUT2D eigenvalue weighted by Gasteiger charge is -2.27. The van der Waals surface area contributed by atoms with Gasteiger partial charge in [0.15, 0.2) is 0 Å². The van der Waals surface area contributed by atoms with Crippen LogP contribution in [0.4, 0.5) is 0 Å². The van der Waals surface area contributed by atoms with Crippen LogP contribution in [0.25, 0.3) is 0 Å². The van der Waals surface area contributed by atoms with E-state index in [4.69, 9.17) is 0 Å². The molecule has 0 aliphatic heterocycles. The lowest BCUT2D eigenvalue weighted by molar-refractivity contribution is -0.123. The zero-order valence-corrected chi connectivity index (χ0v) is 7.18. The number of amides is 1. The van der Waals surface area contributed by atoms with Crippen molar-refractivity contribution in [3.05, 3.63) is 0 Å². The van der Waals surface area contributed by atoms with Crippen LogP contribution in [0, 0.1) is 0 Å². The minimum atomic E-state index is -0.0596. The second-order valence-electron chi connectivity index (χ2n) is 3.15. The van der Waals surface area contributed by atoms with Crippen molar-refractivity contribution in [2.45, 2.75) is 38.3 Å². The highest BCUT2D eigenvalue weighted by molar-refractivity contribution is 5.81. The van der Waals surface area contributed by atoms with E-state index in [1.165, 1.54) is 6.42 Å². The van der Waals surface area contributed by atoms with Crippen molar-refractivity contribution >= 4 is 5.91 Å². The maximum atomic E-state index is 11.2. The van der Waals surface area contributed by atoms with Gasteiger partial charge in [-0.15, -0.1) is 0 Å². The Morgan fingerprint density at radius 2 is 2.18 bits per heavy atom. The largest absolute Gasteiger partial charge is 0.352 e. The van der Waals surface area contributed by atoms with Gasteiger partial charge in [0.05, 0.1) is 6.04 Å². The third-order valence-corrected chi connectivity index (χ3v) is 2.28. The molecular formula is C8H16N2O. The van der Waals surface area contributed by atoms with Crippen LogP contribution in [0.2, 0.25) is 0 Å². The maximum Gasteiger partial charge on any atom is 0.237 e. The van der Waals surface area contributed by atoms with E-state index in [0.29, 0.717) is 6.04 Å². The Morgan fingerprint density at radius 1 is 1.55 bits per heavy atom. The van der Waals surface area contributed by atoms with Gasteiger partial charge in [0, 0.05) is 6.04 Å². The van der Waals surface area contributed by atoms with E-state index in [2.05, 4.69) is 10.6 Å². The molecule has 0 spiro atoms. The lowest BCUT2D eigenvalue weighted by Crippen LogP contribution is -2.47. The molecular weight excluding hydrogens is 140 g/mol. The Labute approximate surface area is 67.5 Å². The molecule has 1 rings (SSSR count). The van der Waals surface area contributed by atoms with Crippen molar-refractivity contribution in [3.63, 3.8) is 0 Å². The summed E-state index contributed by atoms with van der Waals surface area (Å²) in [6.45, 7) is 1.87. The van der Waals surface area contributed by atoms with Gasteiger partial charge in [-0.2, -0.15) is 0 Å². The summed E-state index contributed by atoms with van der Waals surface area (Å²) in [6, 6.07) is 0.397. The molecule has 11 heavy (non-hydrogen) atoms. The molecule has 0 saturated heterocycles. The normalized spacial score (nSPS) is 20.5. The van der Waals surface area contributed by atoms with Crippen LogP contribution in [0.15, 0.2) is 0 Å². The minimum absolute atomic E-state index is 0.0596. The van der Waals surface area contributed by atoms with Crippen LogP contribution < -0.4 is 10.6 Å². The van der Waals surface area contributed by atoms with Gasteiger partial charge in [0.2, 0.25) is 5.91 Å². The standard InChI is InChI=1S/C8H16N2O/c1-6(9-2)8(11)10-7-4-3-5-7/h6-7,9H,3-5H2,1-2H3,(H,10,11). The molecule has 0 radical (unpaired) electrons. The average Bonchev–Trinajstić information content (AvgIpc) is 1.94. The molecule has 3 heteroatoms. The fraction of sp³-hybridized carbons (Fsp3) is 0.875. The van der Waals surface area contributed by atoms with Crippen molar-refractivity contribution in [1.29, 1.82) is 0 Å². The smallest absolute Gasteiger partial charge is 0.237 e. The first kappa shape index (κ1) is 8.53. The van der Waals surface area contributed by atoms with Crippen molar-refractivity contribution in [1.82, 2.24) is 10.6 Å². The third-order valence-electron chi connectivity index (χ3n) is 2.28. The molecule has 0 aromatic heterocycles. The number of likely N-dealkylation sites (N-methyl/N-ethyl adjacent to an activating group) is 1. The molecule has 1 aliphatic rings. The van der Waals surface area contributed by atoms with Crippen LogP contribution in [0.1, 0.15) is 26.2 Å². The average molecular weight is 156 g/mol. The molecule has 0 bridgehead atoms. The number of hydrogen-bond acceptors (Lipinski definition) is 2. The first-order valence-corrected chi connectivity index (χ1v) is 4.21. The summed E-state index contributed by atoms with van der Waals surface area (Å²) in [5, 5.41) is 5.87. The minimum Gasteiger partial charge on any atom is -0.352 e. The molecule has 1 unspecified atom stereocenters. The second-order valence-corrected chi connectivity index (χ2v) is 3.15. The number of rotatable bonds is 3. The fourth-order valence-electron chi connectivity index (χ4n) is 1.01. The molecule has 1 aliphatic carbocycles. The monoisotopic (exact) mass is 156 g/mol. The maximum absolute atomic E-state index is 11.2. The SMILES string of the molecule is CNC(C)C(=O)NC1CCC1. The molecule has 1 saturated carbocycles. The predicted octanol–water partition coefficient (Wildman–Crippen LogP) is 0.263. The Kier molecular flexibility index (Phi) is 2.88. The molecule has 0 aromatic rings. The summed E-state index contributed by atoms with van der Waals surface area (Å²) in [5.74, 6) is 0.122. The Morgan fingerprint density at radius 3 is 2.55 bits per heavy atom. The molecule has 1 atom stereocenters. The molecule has 1 amide bonds. The van der Waals surface area contributed by atoms with Crippen LogP contribution in [0.3, 0.4) is 0 Å². The highest BCUT2D eigenvalue weighted by Crippen LogP contribution is 2.17. The highest BCUT2D eigenvalue weighted by atomic mass is 16.2. The van der Waals surface area contributed by atoms with Gasteiger partial charge in [-0.1, -0.05) is 0 Å². The highest BCUT2D eigenvalue weighted by Gasteiger charge is 2.21. The van der Waals surface area contributed by atoms with E-state index >= 15 is 0 Å². The number of carbonyl (C=O) groups excluding carboxylic acids is 1. The van der Waals surface area contributed by atoms with Crippen molar-refractivity contribution in [3.8, 4) is 0 Å². The van der Waals surface area contributed by atoms with Gasteiger partial charge >= 0.3 is 0 Å². The zero-order valence-electron chi connectivity index (χ0n) is 7.18. The molecule has 0 aromatic carbocycles. The Bertz CT molecular complexity index is 143. The van der Waals surface area contributed by atoms with E-state index < -0.39 is 0 Å². The molecule has 2 N–H and O–H groups in total. The summed E-state index contributed by atoms with van der Waals surface area (Å²) in [6.07, 6.45) is 3.57. The van der Waals surface area contributed by atoms with Crippen molar-refractivity contribution < 1.29 is 4.79 Å². The van der Waals surface area contributed by atoms with Crippen LogP contribution >= 0.6 is 0 Å². The van der Waals surface area contributed by atoms with Gasteiger partial charge in [-0.3, -0.25) is 4.79 Å². The van der Waals surface area contributed by atoms with Gasteiger partial charge in [-0.05, 0) is 33.2 Å². The first-order valence-electron chi connectivity index (χ1n) is 4.21. The van der Waals surface area contributed by atoms with Crippen LogP contribution in [-0.4, -0.2) is 25.0 Å². The molecule has 1 fully saturated rings. The van der Waals surface area contributed by atoms with E-state index in [1.807, 2.05) is 6.92 Å². The van der Waals surface area contributed by atoms with E-state index in [0.717, 1.165) is 12.8 Å². The van der Waals surface area contributed by atoms with Crippen molar-refractivity contribution in [2.24, 2.45) is 0 Å². The van der Waals surface area contributed by atoms with Crippen LogP contribution in [0.5, 0.6) is 0 Å². The summed E-state index contributed by atoms with van der Waals surface area (Å²) >= 11 is 0. The topological polar surface area (TPSA) is 41.1 Å². The second kappa shape index (κ2) is 3.72. The van der Waals surface area contributed by atoms with E-state index in [1.54, 1.807) is 7.05 Å². The van der Waals surface area contributed by atoms with E-state index in [9.17, 15) is 4.79 Å². The zero-order chi connectivity index (χ0) is 8.27. The Balaban J connectivity index is 2.19. The fourth-order valence-corrected chi connectivity index (χ4v) is 1.01. The number of hydrogen-bond donors (Lipinski definition) is 2. The summed E-state index contributed by atoms with van der Waals surface area (Å²) in [5.41, 5.74) is 0. The van der Waals surface area contributed by atoms with Gasteiger partial charge < -0.3 is 10.6 Å². The Hall–Kier alpha value is -0.570. The van der Waals surface area contributed by atoms with Crippen molar-refractivity contribution in [2.75, 3.05) is 7.05 Å². The quantitative estimate of drug-likeness (QED) is 0.615. The first-order chi connectivity index (χ1) is 5.24. The summed E-state index contributed by atoms with van der Waals surface area (Å²) in [4.78, 5) is 11.2. The summed E-state index contributed by atoms with van der Waals surface area (Å²) in [7, 11) is 1.80. The van der Waals surface area contributed by atoms with Gasteiger partial charge in [0.1, 0.15) is 0 Å².